The van der Waals surface area contributed by atoms with Gasteiger partial charge in [-0.2, -0.15) is 0 Å². The number of thiophene rings is 1. The highest BCUT2D eigenvalue weighted by Crippen LogP contribution is 2.42. The lowest BCUT2D eigenvalue weighted by molar-refractivity contribution is 0.161. The number of rotatable bonds is 9. The molecule has 4 heteroatoms. The van der Waals surface area contributed by atoms with Gasteiger partial charge < -0.3 is 15.0 Å². The van der Waals surface area contributed by atoms with Gasteiger partial charge in [0.2, 0.25) is 0 Å². The first-order valence-electron chi connectivity index (χ1n) is 6.75. The van der Waals surface area contributed by atoms with E-state index < -0.39 is 0 Å². The van der Waals surface area contributed by atoms with E-state index in [1.54, 1.807) is 7.11 Å². The Morgan fingerprint density at radius 2 is 2.33 bits per heavy atom. The third-order valence-corrected chi connectivity index (χ3v) is 4.43. The minimum atomic E-state index is 0.584. The number of methoxy groups -OCH3 is 1. The minimum absolute atomic E-state index is 0.584. The summed E-state index contributed by atoms with van der Waals surface area (Å²) >= 11 is 1.88. The van der Waals surface area contributed by atoms with Gasteiger partial charge in [0, 0.05) is 37.7 Å². The second-order valence-corrected chi connectivity index (χ2v) is 6.06. The van der Waals surface area contributed by atoms with Gasteiger partial charge in [-0.25, -0.2) is 0 Å². The standard InChI is InChI=1S/C14H24N2OS/c1-16(9-10-17-2)8-7-15-14(12-5-6-12)13-4-3-11-18-13/h3-4,11-12,14-15H,5-10H2,1-2H3. The fourth-order valence-electron chi connectivity index (χ4n) is 2.17. The largest absolute Gasteiger partial charge is 0.383 e. The van der Waals surface area contributed by atoms with Crippen molar-refractivity contribution in [3.63, 3.8) is 0 Å². The van der Waals surface area contributed by atoms with E-state index in [4.69, 9.17) is 4.74 Å². The molecule has 0 amide bonds. The molecule has 0 saturated heterocycles. The highest BCUT2D eigenvalue weighted by molar-refractivity contribution is 7.10. The van der Waals surface area contributed by atoms with Crippen molar-refractivity contribution in [3.8, 4) is 0 Å². The summed E-state index contributed by atoms with van der Waals surface area (Å²) in [6.45, 7) is 3.95. The lowest BCUT2D eigenvalue weighted by atomic mass is 10.1. The van der Waals surface area contributed by atoms with Gasteiger partial charge >= 0.3 is 0 Å². The van der Waals surface area contributed by atoms with Gasteiger partial charge in [-0.15, -0.1) is 11.3 Å². The van der Waals surface area contributed by atoms with Gasteiger partial charge in [0.05, 0.1) is 6.61 Å². The van der Waals surface area contributed by atoms with Crippen LogP contribution in [0.4, 0.5) is 0 Å². The topological polar surface area (TPSA) is 24.5 Å². The fourth-order valence-corrected chi connectivity index (χ4v) is 3.06. The molecule has 1 heterocycles. The van der Waals surface area contributed by atoms with Crippen molar-refractivity contribution in [2.75, 3.05) is 40.4 Å². The van der Waals surface area contributed by atoms with E-state index >= 15 is 0 Å². The first-order valence-corrected chi connectivity index (χ1v) is 7.63. The molecule has 18 heavy (non-hydrogen) atoms. The maximum Gasteiger partial charge on any atom is 0.0589 e. The van der Waals surface area contributed by atoms with Crippen molar-refractivity contribution >= 4 is 11.3 Å². The summed E-state index contributed by atoms with van der Waals surface area (Å²) < 4.78 is 5.09. The molecule has 1 aliphatic rings. The fraction of sp³-hybridized carbons (Fsp3) is 0.714. The molecule has 1 aromatic rings. The average Bonchev–Trinajstić information content (AvgIpc) is 3.06. The zero-order valence-electron chi connectivity index (χ0n) is 11.4. The lowest BCUT2D eigenvalue weighted by Crippen LogP contribution is -2.33. The van der Waals surface area contributed by atoms with Crippen LogP contribution in [0.1, 0.15) is 23.8 Å². The van der Waals surface area contributed by atoms with Crippen LogP contribution < -0.4 is 5.32 Å². The normalized spacial score (nSPS) is 17.3. The SMILES string of the molecule is COCCN(C)CCNC(c1cccs1)C1CC1. The molecule has 102 valence electrons. The maximum atomic E-state index is 5.09. The summed E-state index contributed by atoms with van der Waals surface area (Å²) in [5, 5.41) is 5.90. The molecule has 1 saturated carbocycles. The molecule has 2 rings (SSSR count). The van der Waals surface area contributed by atoms with Crippen molar-refractivity contribution in [1.82, 2.24) is 10.2 Å². The third kappa shape index (κ3) is 4.35. The van der Waals surface area contributed by atoms with E-state index in [-0.39, 0.29) is 0 Å². The molecule has 1 fully saturated rings. The molecule has 0 spiro atoms. The van der Waals surface area contributed by atoms with Crippen LogP contribution in [0.5, 0.6) is 0 Å². The number of hydrogen-bond donors (Lipinski definition) is 1. The Kier molecular flexibility index (Phi) is 5.63. The van der Waals surface area contributed by atoms with E-state index in [0.29, 0.717) is 6.04 Å². The molecular formula is C14H24N2OS. The predicted octanol–water partition coefficient (Wildman–Crippen LogP) is 2.37. The van der Waals surface area contributed by atoms with Crippen molar-refractivity contribution < 1.29 is 4.74 Å². The van der Waals surface area contributed by atoms with E-state index in [1.807, 2.05) is 11.3 Å². The Balaban J connectivity index is 1.70. The number of hydrogen-bond acceptors (Lipinski definition) is 4. The molecule has 1 aliphatic carbocycles. The monoisotopic (exact) mass is 268 g/mol. The maximum absolute atomic E-state index is 5.09. The second kappa shape index (κ2) is 7.24. The van der Waals surface area contributed by atoms with Crippen LogP contribution in [0, 0.1) is 5.92 Å². The number of nitrogens with zero attached hydrogens (tertiary/aromatic N) is 1. The molecule has 0 bridgehead atoms. The Morgan fingerprint density at radius 1 is 1.50 bits per heavy atom. The van der Waals surface area contributed by atoms with Crippen LogP contribution in [-0.4, -0.2) is 45.3 Å². The van der Waals surface area contributed by atoms with Gasteiger partial charge in [-0.05, 0) is 37.3 Å². The Morgan fingerprint density at radius 3 is 2.94 bits per heavy atom. The summed E-state index contributed by atoms with van der Waals surface area (Å²) in [5.41, 5.74) is 0. The van der Waals surface area contributed by atoms with Crippen LogP contribution >= 0.6 is 11.3 Å². The lowest BCUT2D eigenvalue weighted by Gasteiger charge is -2.20. The summed E-state index contributed by atoms with van der Waals surface area (Å²) in [6, 6.07) is 5.00. The summed E-state index contributed by atoms with van der Waals surface area (Å²) in [6.07, 6.45) is 2.77. The van der Waals surface area contributed by atoms with E-state index in [2.05, 4.69) is 34.8 Å². The molecule has 0 radical (unpaired) electrons. The van der Waals surface area contributed by atoms with Gasteiger partial charge in [0.25, 0.3) is 0 Å². The van der Waals surface area contributed by atoms with Crippen molar-refractivity contribution in [2.24, 2.45) is 5.92 Å². The van der Waals surface area contributed by atoms with Gasteiger partial charge in [0.1, 0.15) is 0 Å². The number of nitrogens with one attached hydrogen (secondary N) is 1. The van der Waals surface area contributed by atoms with Crippen LogP contribution in [0.2, 0.25) is 0 Å². The average molecular weight is 268 g/mol. The van der Waals surface area contributed by atoms with Crippen LogP contribution in [0.25, 0.3) is 0 Å². The molecular weight excluding hydrogens is 244 g/mol. The van der Waals surface area contributed by atoms with Crippen LogP contribution in [0.3, 0.4) is 0 Å². The first kappa shape index (κ1) is 14.0. The van der Waals surface area contributed by atoms with Crippen LogP contribution in [0.15, 0.2) is 17.5 Å². The Bertz CT molecular complexity index is 325. The van der Waals surface area contributed by atoms with Gasteiger partial charge in [0.15, 0.2) is 0 Å². The zero-order chi connectivity index (χ0) is 12.8. The van der Waals surface area contributed by atoms with Crippen LogP contribution in [-0.2, 0) is 4.74 Å². The predicted molar refractivity (Wildman–Crippen MR) is 77.2 cm³/mol. The molecule has 0 aliphatic heterocycles. The van der Waals surface area contributed by atoms with Crippen molar-refractivity contribution in [3.05, 3.63) is 22.4 Å². The highest BCUT2D eigenvalue weighted by Gasteiger charge is 2.32. The molecule has 0 aromatic carbocycles. The van der Waals surface area contributed by atoms with Gasteiger partial charge in [-0.1, -0.05) is 6.07 Å². The number of likely N-dealkylation sites (N-methyl/N-ethyl adjacent to an activating group) is 1. The first-order chi connectivity index (χ1) is 8.81. The zero-order valence-corrected chi connectivity index (χ0v) is 12.2. The summed E-state index contributed by atoms with van der Waals surface area (Å²) in [7, 11) is 3.91. The molecule has 1 aromatic heterocycles. The molecule has 3 nitrogen and oxygen atoms in total. The molecule has 1 unspecified atom stereocenters. The Labute approximate surface area is 114 Å². The molecule has 1 N–H and O–H groups in total. The molecule has 1 atom stereocenters. The van der Waals surface area contributed by atoms with Crippen molar-refractivity contribution in [2.45, 2.75) is 18.9 Å². The van der Waals surface area contributed by atoms with E-state index in [0.717, 1.165) is 32.2 Å². The Hall–Kier alpha value is -0.420. The summed E-state index contributed by atoms with van der Waals surface area (Å²) in [4.78, 5) is 3.81. The quantitative estimate of drug-likeness (QED) is 0.744. The van der Waals surface area contributed by atoms with Gasteiger partial charge in [-0.3, -0.25) is 0 Å². The third-order valence-electron chi connectivity index (χ3n) is 3.48. The number of ether oxygens (including phenoxy) is 1. The highest BCUT2D eigenvalue weighted by atomic mass is 32.1. The minimum Gasteiger partial charge on any atom is -0.383 e. The smallest absolute Gasteiger partial charge is 0.0589 e. The summed E-state index contributed by atoms with van der Waals surface area (Å²) in [5.74, 6) is 0.868. The van der Waals surface area contributed by atoms with Crippen molar-refractivity contribution in [1.29, 1.82) is 0 Å². The van der Waals surface area contributed by atoms with E-state index in [1.165, 1.54) is 17.7 Å². The second-order valence-electron chi connectivity index (χ2n) is 5.08. The van der Waals surface area contributed by atoms with E-state index in [9.17, 15) is 0 Å².